The molecule has 8 heteroatoms. The molecule has 1 aromatic heterocycles. The average molecular weight is 418 g/mol. The van der Waals surface area contributed by atoms with Gasteiger partial charge in [-0.3, -0.25) is 14.9 Å². The molecule has 1 saturated heterocycles. The van der Waals surface area contributed by atoms with E-state index in [4.69, 9.17) is 0 Å². The summed E-state index contributed by atoms with van der Waals surface area (Å²) in [5, 5.41) is 15.0. The molecule has 3 aromatic rings. The number of rotatable bonds is 5. The van der Waals surface area contributed by atoms with Crippen molar-refractivity contribution in [2.75, 3.05) is 0 Å². The Bertz CT molecular complexity index is 1240. The van der Waals surface area contributed by atoms with Crippen LogP contribution < -0.4 is 5.32 Å². The molecule has 1 N–H and O–H groups in total. The lowest BCUT2D eigenvalue weighted by Crippen LogP contribution is -2.19. The van der Waals surface area contributed by atoms with Gasteiger partial charge in [0, 0.05) is 40.8 Å². The number of thioether (sulfide) groups is 1. The van der Waals surface area contributed by atoms with Gasteiger partial charge in [0.25, 0.3) is 11.6 Å². The Hall–Kier alpha value is -3.65. The molecular weight excluding hydrogens is 400 g/mol. The van der Waals surface area contributed by atoms with Crippen LogP contribution in [0, 0.1) is 17.0 Å². The Morgan fingerprint density at radius 1 is 1.23 bits per heavy atom. The molecule has 0 bridgehead atoms. The first-order valence-corrected chi connectivity index (χ1v) is 10.0. The lowest BCUT2D eigenvalue weighted by molar-refractivity contribution is -0.384. The van der Waals surface area contributed by atoms with Crippen molar-refractivity contribution >= 4 is 51.2 Å². The summed E-state index contributed by atoms with van der Waals surface area (Å²) in [6.45, 7) is 6.55. The third-order valence-corrected chi connectivity index (χ3v) is 5.72. The number of nitrogens with one attached hydrogen (secondary N) is 1. The number of hydrogen-bond donors (Lipinski definition) is 1. The highest BCUT2D eigenvalue weighted by molar-refractivity contribution is 8.18. The number of aliphatic imine (C=N–C) groups is 1. The molecule has 4 rings (SSSR count). The maximum Gasteiger partial charge on any atom is 0.269 e. The minimum Gasteiger partial charge on any atom is -0.340 e. The third-order valence-electron chi connectivity index (χ3n) is 4.81. The van der Waals surface area contributed by atoms with Crippen LogP contribution in [-0.4, -0.2) is 20.6 Å². The normalized spacial score (nSPS) is 16.4. The second-order valence-corrected chi connectivity index (χ2v) is 7.70. The number of non-ortho nitro benzene ring substituents is 1. The van der Waals surface area contributed by atoms with Gasteiger partial charge >= 0.3 is 0 Å². The molecule has 0 aliphatic carbocycles. The summed E-state index contributed by atoms with van der Waals surface area (Å²) in [7, 11) is 0. The van der Waals surface area contributed by atoms with Crippen LogP contribution in [0.25, 0.3) is 17.0 Å². The van der Waals surface area contributed by atoms with Crippen molar-refractivity contribution < 1.29 is 9.72 Å². The van der Waals surface area contributed by atoms with Gasteiger partial charge in [-0.2, -0.15) is 0 Å². The fourth-order valence-corrected chi connectivity index (χ4v) is 4.21. The standard InChI is InChI=1S/C22H18N4O3S/c1-3-12-25-14(2)18(17-6-4-5-7-19(17)25)13-20-21(27)24-22(30-20)23-15-8-10-16(11-9-15)26(28)29/h3-11,13H,1,12H2,2H3,(H,23,24,27)/b20-13-. The van der Waals surface area contributed by atoms with E-state index in [1.54, 1.807) is 12.1 Å². The van der Waals surface area contributed by atoms with Crippen molar-refractivity contribution in [3.05, 3.63) is 87.5 Å². The number of amides is 1. The van der Waals surface area contributed by atoms with Crippen molar-refractivity contribution in [1.82, 2.24) is 9.88 Å². The molecule has 0 spiro atoms. The summed E-state index contributed by atoms with van der Waals surface area (Å²) in [4.78, 5) is 27.7. The van der Waals surface area contributed by atoms with Crippen LogP contribution >= 0.6 is 11.8 Å². The zero-order valence-electron chi connectivity index (χ0n) is 16.2. The predicted octanol–water partition coefficient (Wildman–Crippen LogP) is 4.94. The number of hydrogen-bond acceptors (Lipinski definition) is 5. The number of nitro benzene ring substituents is 1. The first-order valence-electron chi connectivity index (χ1n) is 9.20. The molecule has 1 aliphatic heterocycles. The van der Waals surface area contributed by atoms with Crippen LogP contribution in [-0.2, 0) is 11.3 Å². The molecule has 0 saturated carbocycles. The van der Waals surface area contributed by atoms with Gasteiger partial charge in [0.05, 0.1) is 15.5 Å². The number of aromatic nitrogens is 1. The number of benzene rings is 2. The molecule has 0 unspecified atom stereocenters. The Balaban J connectivity index is 1.67. The lowest BCUT2D eigenvalue weighted by Gasteiger charge is -2.04. The minimum atomic E-state index is -0.463. The van der Waals surface area contributed by atoms with E-state index in [-0.39, 0.29) is 11.6 Å². The quantitative estimate of drug-likeness (QED) is 0.275. The Morgan fingerprint density at radius 2 is 1.97 bits per heavy atom. The van der Waals surface area contributed by atoms with E-state index in [1.165, 1.54) is 23.9 Å². The van der Waals surface area contributed by atoms with Gasteiger partial charge in [-0.05, 0) is 43.0 Å². The van der Waals surface area contributed by atoms with Crippen LogP contribution in [0.3, 0.4) is 0 Å². The topological polar surface area (TPSA) is 89.5 Å². The molecule has 0 radical (unpaired) electrons. The highest BCUT2D eigenvalue weighted by atomic mass is 32.2. The summed E-state index contributed by atoms with van der Waals surface area (Å²) in [6.07, 6.45) is 3.73. The second-order valence-electron chi connectivity index (χ2n) is 6.67. The summed E-state index contributed by atoms with van der Waals surface area (Å²) >= 11 is 1.25. The van der Waals surface area contributed by atoms with Crippen LogP contribution in [0.4, 0.5) is 11.4 Å². The molecule has 30 heavy (non-hydrogen) atoms. The van der Waals surface area contributed by atoms with Crippen molar-refractivity contribution in [3.63, 3.8) is 0 Å². The Morgan fingerprint density at radius 3 is 2.67 bits per heavy atom. The minimum absolute atomic E-state index is 0.00552. The SMILES string of the molecule is C=CCn1c(C)c(/C=C2\SC(=Nc3ccc([N+](=O)[O-])cc3)NC2=O)c2ccccc21. The first-order chi connectivity index (χ1) is 14.5. The molecule has 2 heterocycles. The molecule has 150 valence electrons. The van der Waals surface area contributed by atoms with Gasteiger partial charge in [-0.25, -0.2) is 4.99 Å². The predicted molar refractivity (Wildman–Crippen MR) is 121 cm³/mol. The zero-order chi connectivity index (χ0) is 21.3. The van der Waals surface area contributed by atoms with Gasteiger partial charge < -0.3 is 9.88 Å². The largest absolute Gasteiger partial charge is 0.340 e. The maximum atomic E-state index is 12.5. The average Bonchev–Trinajstić information content (AvgIpc) is 3.21. The highest BCUT2D eigenvalue weighted by Gasteiger charge is 2.25. The molecular formula is C22H18N4O3S. The maximum absolute atomic E-state index is 12.5. The van der Waals surface area contributed by atoms with E-state index < -0.39 is 4.92 Å². The smallest absolute Gasteiger partial charge is 0.269 e. The monoisotopic (exact) mass is 418 g/mol. The number of para-hydroxylation sites is 1. The number of carbonyl (C=O) groups is 1. The van der Waals surface area contributed by atoms with E-state index in [2.05, 4.69) is 27.5 Å². The molecule has 0 atom stereocenters. The van der Waals surface area contributed by atoms with Crippen LogP contribution in [0.1, 0.15) is 11.3 Å². The second kappa shape index (κ2) is 8.00. The number of nitrogens with zero attached hydrogens (tertiary/aromatic N) is 3. The van der Waals surface area contributed by atoms with Crippen molar-refractivity contribution in [2.24, 2.45) is 4.99 Å². The van der Waals surface area contributed by atoms with Gasteiger partial charge in [-0.15, -0.1) is 6.58 Å². The number of fused-ring (bicyclic) bond motifs is 1. The Kier molecular flexibility index (Phi) is 5.24. The van der Waals surface area contributed by atoms with Gasteiger partial charge in [0.1, 0.15) is 0 Å². The zero-order valence-corrected chi connectivity index (χ0v) is 17.0. The van der Waals surface area contributed by atoms with E-state index in [9.17, 15) is 14.9 Å². The fraction of sp³-hybridized carbons (Fsp3) is 0.0909. The van der Waals surface area contributed by atoms with Gasteiger partial charge in [0.15, 0.2) is 5.17 Å². The number of amidine groups is 1. The molecule has 1 fully saturated rings. The van der Waals surface area contributed by atoms with E-state index in [0.717, 1.165) is 22.2 Å². The van der Waals surface area contributed by atoms with E-state index >= 15 is 0 Å². The van der Waals surface area contributed by atoms with Crippen LogP contribution in [0.5, 0.6) is 0 Å². The molecule has 2 aromatic carbocycles. The number of allylic oxidation sites excluding steroid dienone is 1. The van der Waals surface area contributed by atoms with Crippen LogP contribution in [0.15, 0.2) is 71.1 Å². The van der Waals surface area contributed by atoms with Crippen molar-refractivity contribution in [2.45, 2.75) is 13.5 Å². The van der Waals surface area contributed by atoms with Crippen LogP contribution in [0.2, 0.25) is 0 Å². The first kappa shape index (κ1) is 19.7. The summed E-state index contributed by atoms with van der Waals surface area (Å²) < 4.78 is 2.16. The summed E-state index contributed by atoms with van der Waals surface area (Å²) in [5.41, 5.74) is 3.65. The number of carbonyl (C=O) groups excluding carboxylic acids is 1. The lowest BCUT2D eigenvalue weighted by atomic mass is 10.1. The van der Waals surface area contributed by atoms with E-state index in [1.807, 2.05) is 37.3 Å². The van der Waals surface area contributed by atoms with E-state index in [0.29, 0.717) is 22.3 Å². The summed E-state index contributed by atoms with van der Waals surface area (Å²) in [5.74, 6) is -0.222. The molecule has 7 nitrogen and oxygen atoms in total. The third kappa shape index (κ3) is 3.65. The number of nitro groups is 1. The van der Waals surface area contributed by atoms with Crippen molar-refractivity contribution in [3.8, 4) is 0 Å². The Labute approximate surface area is 177 Å². The fourth-order valence-electron chi connectivity index (χ4n) is 3.38. The molecule has 1 amide bonds. The van der Waals surface area contributed by atoms with Gasteiger partial charge in [-0.1, -0.05) is 24.3 Å². The van der Waals surface area contributed by atoms with Gasteiger partial charge in [0.2, 0.25) is 0 Å². The van der Waals surface area contributed by atoms with Crippen molar-refractivity contribution in [1.29, 1.82) is 0 Å². The highest BCUT2D eigenvalue weighted by Crippen LogP contribution is 2.33. The summed E-state index contributed by atoms with van der Waals surface area (Å²) in [6, 6.07) is 13.9. The molecule has 1 aliphatic rings.